The van der Waals surface area contributed by atoms with Gasteiger partial charge in [0, 0.05) is 18.9 Å². The fourth-order valence-electron chi connectivity index (χ4n) is 3.00. The number of rotatable bonds is 7. The van der Waals surface area contributed by atoms with Crippen LogP contribution >= 0.6 is 0 Å². The van der Waals surface area contributed by atoms with E-state index in [1.54, 1.807) is 23.4 Å². The van der Waals surface area contributed by atoms with Gasteiger partial charge >= 0.3 is 0 Å². The van der Waals surface area contributed by atoms with E-state index in [1.165, 1.54) is 28.9 Å². The van der Waals surface area contributed by atoms with Gasteiger partial charge in [0.15, 0.2) is 0 Å². The summed E-state index contributed by atoms with van der Waals surface area (Å²) in [5.74, 6) is -0.640. The van der Waals surface area contributed by atoms with Gasteiger partial charge in [-0.15, -0.1) is 0 Å². The molecule has 2 heterocycles. The molecule has 0 radical (unpaired) electrons. The number of halogens is 1. The first-order valence-electron chi connectivity index (χ1n) is 8.52. The Balaban J connectivity index is 1.69. The first-order chi connectivity index (χ1) is 13.0. The predicted molar refractivity (Wildman–Crippen MR) is 93.2 cm³/mol. The summed E-state index contributed by atoms with van der Waals surface area (Å²) in [7, 11) is 0. The molecule has 0 bridgehead atoms. The summed E-state index contributed by atoms with van der Waals surface area (Å²) in [5, 5.41) is 4.03. The van der Waals surface area contributed by atoms with Gasteiger partial charge in [0.2, 0.25) is 11.8 Å². The highest BCUT2D eigenvalue weighted by atomic mass is 19.1. The van der Waals surface area contributed by atoms with Crippen LogP contribution in [-0.4, -0.2) is 58.4 Å². The predicted octanol–water partition coefficient (Wildman–Crippen LogP) is 0.574. The number of primary amides is 1. The Hall–Kier alpha value is -2.94. The SMILES string of the molecule is NC(=O)C[C@@]1(COc2ccc(F)cc2)CN(C(=O)Cn2cccn2)CCO1. The molecule has 2 N–H and O–H groups in total. The Morgan fingerprint density at radius 2 is 2.11 bits per heavy atom. The van der Waals surface area contributed by atoms with Crippen molar-refractivity contribution < 1.29 is 23.5 Å². The van der Waals surface area contributed by atoms with E-state index in [4.69, 9.17) is 15.2 Å². The first-order valence-corrected chi connectivity index (χ1v) is 8.52. The van der Waals surface area contributed by atoms with Crippen LogP contribution < -0.4 is 10.5 Å². The van der Waals surface area contributed by atoms with Crippen LogP contribution in [0.3, 0.4) is 0 Å². The van der Waals surface area contributed by atoms with Crippen molar-refractivity contribution in [2.75, 3.05) is 26.3 Å². The molecule has 0 saturated carbocycles. The molecule has 0 unspecified atom stereocenters. The van der Waals surface area contributed by atoms with Crippen LogP contribution in [0.2, 0.25) is 0 Å². The fraction of sp³-hybridized carbons (Fsp3) is 0.389. The van der Waals surface area contributed by atoms with E-state index in [0.717, 1.165) is 0 Å². The van der Waals surface area contributed by atoms with Crippen LogP contribution in [0.5, 0.6) is 5.75 Å². The number of ether oxygens (including phenoxy) is 2. The second-order valence-electron chi connectivity index (χ2n) is 6.44. The number of nitrogens with zero attached hydrogens (tertiary/aromatic N) is 3. The highest BCUT2D eigenvalue weighted by Gasteiger charge is 2.40. The Bertz CT molecular complexity index is 781. The third-order valence-corrected chi connectivity index (χ3v) is 4.27. The number of morpholine rings is 1. The molecule has 1 atom stereocenters. The zero-order valence-corrected chi connectivity index (χ0v) is 14.7. The van der Waals surface area contributed by atoms with Crippen molar-refractivity contribution >= 4 is 11.8 Å². The number of carbonyl (C=O) groups is 2. The second-order valence-corrected chi connectivity index (χ2v) is 6.44. The van der Waals surface area contributed by atoms with Crippen molar-refractivity contribution in [3.8, 4) is 5.75 Å². The lowest BCUT2D eigenvalue weighted by Gasteiger charge is -2.41. The topological polar surface area (TPSA) is 99.7 Å². The van der Waals surface area contributed by atoms with E-state index >= 15 is 0 Å². The highest BCUT2D eigenvalue weighted by molar-refractivity contribution is 5.77. The molecule has 3 rings (SSSR count). The van der Waals surface area contributed by atoms with E-state index < -0.39 is 11.5 Å². The molecule has 1 saturated heterocycles. The monoisotopic (exact) mass is 376 g/mol. The Labute approximate surface area is 155 Å². The largest absolute Gasteiger partial charge is 0.490 e. The first kappa shape index (κ1) is 18.8. The fourth-order valence-corrected chi connectivity index (χ4v) is 3.00. The summed E-state index contributed by atoms with van der Waals surface area (Å²) in [6, 6.07) is 7.25. The summed E-state index contributed by atoms with van der Waals surface area (Å²) in [4.78, 5) is 25.8. The minimum Gasteiger partial charge on any atom is -0.490 e. The smallest absolute Gasteiger partial charge is 0.244 e. The molecule has 27 heavy (non-hydrogen) atoms. The number of nitrogens with two attached hydrogens (primary N) is 1. The van der Waals surface area contributed by atoms with Gasteiger partial charge in [-0.05, 0) is 30.3 Å². The van der Waals surface area contributed by atoms with E-state index in [2.05, 4.69) is 5.10 Å². The summed E-state index contributed by atoms with van der Waals surface area (Å²) >= 11 is 0. The van der Waals surface area contributed by atoms with Gasteiger partial charge in [-0.3, -0.25) is 14.3 Å². The number of hydrogen-bond acceptors (Lipinski definition) is 5. The van der Waals surface area contributed by atoms with Crippen molar-refractivity contribution in [3.63, 3.8) is 0 Å². The van der Waals surface area contributed by atoms with Crippen molar-refractivity contribution in [1.29, 1.82) is 0 Å². The molecule has 1 aromatic carbocycles. The molecule has 1 aliphatic rings. The van der Waals surface area contributed by atoms with Gasteiger partial charge < -0.3 is 20.1 Å². The lowest BCUT2D eigenvalue weighted by molar-refractivity contribution is -0.162. The number of hydrogen-bond donors (Lipinski definition) is 1. The number of carbonyl (C=O) groups excluding carboxylic acids is 2. The van der Waals surface area contributed by atoms with Gasteiger partial charge in [-0.2, -0.15) is 5.10 Å². The van der Waals surface area contributed by atoms with E-state index in [1.807, 2.05) is 0 Å². The summed E-state index contributed by atoms with van der Waals surface area (Å²) in [6.07, 6.45) is 3.20. The van der Waals surface area contributed by atoms with E-state index in [0.29, 0.717) is 12.3 Å². The van der Waals surface area contributed by atoms with Gasteiger partial charge in [-0.1, -0.05) is 0 Å². The molecule has 1 fully saturated rings. The standard InChI is InChI=1S/C18H21FN4O4/c19-14-2-4-15(5-3-14)26-13-18(10-16(20)24)12-22(8-9-27-18)17(25)11-23-7-1-6-21-23/h1-7H,8-13H2,(H2,20,24)/t18-/m0/s1. The van der Waals surface area contributed by atoms with Crippen molar-refractivity contribution in [2.24, 2.45) is 5.73 Å². The van der Waals surface area contributed by atoms with Gasteiger partial charge in [0.1, 0.15) is 30.3 Å². The van der Waals surface area contributed by atoms with Crippen molar-refractivity contribution in [3.05, 3.63) is 48.5 Å². The van der Waals surface area contributed by atoms with Gasteiger partial charge in [-0.25, -0.2) is 4.39 Å². The summed E-state index contributed by atoms with van der Waals surface area (Å²) < 4.78 is 26.1. The van der Waals surface area contributed by atoms with Crippen molar-refractivity contribution in [1.82, 2.24) is 14.7 Å². The quantitative estimate of drug-likeness (QED) is 0.762. The lowest BCUT2D eigenvalue weighted by atomic mass is 9.97. The van der Waals surface area contributed by atoms with Crippen LogP contribution in [0.25, 0.3) is 0 Å². The Morgan fingerprint density at radius 1 is 1.33 bits per heavy atom. The second kappa shape index (κ2) is 8.17. The molecule has 1 aromatic heterocycles. The van der Waals surface area contributed by atoms with Crippen molar-refractivity contribution in [2.45, 2.75) is 18.6 Å². The molecular formula is C18H21FN4O4. The molecule has 144 valence electrons. The minimum atomic E-state index is -1.06. The van der Waals surface area contributed by atoms with Crippen LogP contribution in [0.15, 0.2) is 42.7 Å². The maximum absolute atomic E-state index is 13.0. The maximum atomic E-state index is 13.0. The van der Waals surface area contributed by atoms with E-state index in [-0.39, 0.29) is 44.4 Å². The van der Waals surface area contributed by atoms with Crippen LogP contribution in [0, 0.1) is 5.82 Å². The zero-order valence-electron chi connectivity index (χ0n) is 14.7. The third kappa shape index (κ3) is 5.04. The molecular weight excluding hydrogens is 355 g/mol. The highest BCUT2D eigenvalue weighted by Crippen LogP contribution is 2.24. The third-order valence-electron chi connectivity index (χ3n) is 4.27. The number of benzene rings is 1. The summed E-state index contributed by atoms with van der Waals surface area (Å²) in [5.41, 5.74) is 4.33. The maximum Gasteiger partial charge on any atom is 0.244 e. The van der Waals surface area contributed by atoms with Gasteiger partial charge in [0.25, 0.3) is 0 Å². The minimum absolute atomic E-state index is 0.00707. The molecule has 2 aromatic rings. The van der Waals surface area contributed by atoms with Gasteiger partial charge in [0.05, 0.1) is 19.6 Å². The van der Waals surface area contributed by atoms with Crippen LogP contribution in [0.1, 0.15) is 6.42 Å². The molecule has 8 nitrogen and oxygen atoms in total. The molecule has 1 aliphatic heterocycles. The molecule has 9 heteroatoms. The van der Waals surface area contributed by atoms with Crippen LogP contribution in [0.4, 0.5) is 4.39 Å². The average molecular weight is 376 g/mol. The molecule has 0 spiro atoms. The number of amides is 2. The normalized spacial score (nSPS) is 19.7. The summed E-state index contributed by atoms with van der Waals surface area (Å²) in [6.45, 7) is 0.922. The Kier molecular flexibility index (Phi) is 5.70. The average Bonchev–Trinajstić information content (AvgIpc) is 3.14. The zero-order chi connectivity index (χ0) is 19.3. The number of aromatic nitrogens is 2. The van der Waals surface area contributed by atoms with E-state index in [9.17, 15) is 14.0 Å². The lowest BCUT2D eigenvalue weighted by Crippen LogP contribution is -2.58. The molecule has 0 aliphatic carbocycles. The Morgan fingerprint density at radius 3 is 2.78 bits per heavy atom. The molecule has 2 amide bonds. The van der Waals surface area contributed by atoms with Crippen LogP contribution in [-0.2, 0) is 20.9 Å².